The SMILES string of the molecule is Clc1cccc(Oc2ccccc2-c2ccccc2)n1. The van der Waals surface area contributed by atoms with Gasteiger partial charge in [0.05, 0.1) is 0 Å². The number of aromatic nitrogens is 1. The van der Waals surface area contributed by atoms with E-state index in [0.717, 1.165) is 16.9 Å². The van der Waals surface area contributed by atoms with Crippen LogP contribution in [-0.2, 0) is 0 Å². The van der Waals surface area contributed by atoms with Gasteiger partial charge in [-0.05, 0) is 17.7 Å². The first-order valence-electron chi connectivity index (χ1n) is 6.28. The van der Waals surface area contributed by atoms with Gasteiger partial charge in [0.15, 0.2) is 0 Å². The van der Waals surface area contributed by atoms with Crippen LogP contribution in [0.4, 0.5) is 0 Å². The van der Waals surface area contributed by atoms with Crippen LogP contribution in [0.15, 0.2) is 72.8 Å². The van der Waals surface area contributed by atoms with Gasteiger partial charge in [0, 0.05) is 11.6 Å². The Kier molecular flexibility index (Phi) is 3.66. The molecule has 0 N–H and O–H groups in total. The molecule has 3 aromatic rings. The van der Waals surface area contributed by atoms with E-state index in [1.165, 1.54) is 0 Å². The van der Waals surface area contributed by atoms with Crippen LogP contribution in [-0.4, -0.2) is 4.98 Å². The minimum atomic E-state index is 0.416. The number of rotatable bonds is 3. The van der Waals surface area contributed by atoms with E-state index in [-0.39, 0.29) is 0 Å². The molecule has 2 aromatic carbocycles. The van der Waals surface area contributed by atoms with Crippen LogP contribution < -0.4 is 4.74 Å². The predicted octanol–water partition coefficient (Wildman–Crippen LogP) is 5.19. The summed E-state index contributed by atoms with van der Waals surface area (Å²) in [5, 5.41) is 0.416. The van der Waals surface area contributed by atoms with Gasteiger partial charge in [0.25, 0.3) is 0 Å². The first kappa shape index (κ1) is 12.7. The number of benzene rings is 2. The Morgan fingerprint density at radius 1 is 0.750 bits per heavy atom. The highest BCUT2D eigenvalue weighted by atomic mass is 35.5. The Bertz CT molecular complexity index is 713. The third kappa shape index (κ3) is 2.81. The topological polar surface area (TPSA) is 22.1 Å². The van der Waals surface area contributed by atoms with Crippen molar-refractivity contribution in [2.75, 3.05) is 0 Å². The zero-order chi connectivity index (χ0) is 13.8. The summed E-state index contributed by atoms with van der Waals surface area (Å²) in [5.74, 6) is 1.24. The third-order valence-electron chi connectivity index (χ3n) is 2.88. The molecular formula is C17H12ClNO. The number of pyridine rings is 1. The molecule has 0 atom stereocenters. The minimum Gasteiger partial charge on any atom is -0.438 e. The van der Waals surface area contributed by atoms with Crippen molar-refractivity contribution in [3.05, 3.63) is 77.9 Å². The Morgan fingerprint density at radius 2 is 1.50 bits per heavy atom. The highest BCUT2D eigenvalue weighted by Gasteiger charge is 2.07. The van der Waals surface area contributed by atoms with Crippen molar-refractivity contribution in [3.63, 3.8) is 0 Å². The second kappa shape index (κ2) is 5.76. The summed E-state index contributed by atoms with van der Waals surface area (Å²) >= 11 is 5.88. The van der Waals surface area contributed by atoms with Gasteiger partial charge in [0.2, 0.25) is 5.88 Å². The maximum Gasteiger partial charge on any atom is 0.220 e. The zero-order valence-electron chi connectivity index (χ0n) is 10.7. The molecule has 3 rings (SSSR count). The van der Waals surface area contributed by atoms with E-state index < -0.39 is 0 Å². The molecule has 0 fully saturated rings. The van der Waals surface area contributed by atoms with Crippen LogP contribution in [0.25, 0.3) is 11.1 Å². The minimum absolute atomic E-state index is 0.416. The van der Waals surface area contributed by atoms with Crippen molar-refractivity contribution in [1.29, 1.82) is 0 Å². The molecule has 2 nitrogen and oxygen atoms in total. The molecule has 0 saturated carbocycles. The van der Waals surface area contributed by atoms with Crippen LogP contribution in [0, 0.1) is 0 Å². The largest absolute Gasteiger partial charge is 0.438 e. The average Bonchev–Trinajstić information content (AvgIpc) is 2.49. The molecule has 0 radical (unpaired) electrons. The summed E-state index contributed by atoms with van der Waals surface area (Å²) < 4.78 is 5.85. The van der Waals surface area contributed by atoms with Gasteiger partial charge in [0.1, 0.15) is 10.9 Å². The van der Waals surface area contributed by atoms with E-state index in [1.54, 1.807) is 12.1 Å². The molecule has 0 spiro atoms. The molecule has 0 bridgehead atoms. The normalized spacial score (nSPS) is 10.2. The van der Waals surface area contributed by atoms with Crippen molar-refractivity contribution in [3.8, 4) is 22.8 Å². The molecule has 0 saturated heterocycles. The summed E-state index contributed by atoms with van der Waals surface area (Å²) in [4.78, 5) is 4.15. The van der Waals surface area contributed by atoms with E-state index >= 15 is 0 Å². The Hall–Kier alpha value is -2.32. The Balaban J connectivity index is 1.99. The number of ether oxygens (including phenoxy) is 1. The van der Waals surface area contributed by atoms with Crippen molar-refractivity contribution in [1.82, 2.24) is 4.98 Å². The van der Waals surface area contributed by atoms with Crippen molar-refractivity contribution in [2.45, 2.75) is 0 Å². The van der Waals surface area contributed by atoms with E-state index in [4.69, 9.17) is 16.3 Å². The fourth-order valence-corrected chi connectivity index (χ4v) is 2.13. The molecule has 0 unspecified atom stereocenters. The van der Waals surface area contributed by atoms with Crippen LogP contribution >= 0.6 is 11.6 Å². The molecule has 0 amide bonds. The lowest BCUT2D eigenvalue weighted by Gasteiger charge is -2.10. The second-order valence-electron chi connectivity index (χ2n) is 4.26. The zero-order valence-corrected chi connectivity index (χ0v) is 11.4. The standard InChI is InChI=1S/C17H12ClNO/c18-16-11-6-12-17(19-16)20-15-10-5-4-9-14(15)13-7-2-1-3-8-13/h1-12H. The quantitative estimate of drug-likeness (QED) is 0.616. The number of nitrogens with zero attached hydrogens (tertiary/aromatic N) is 1. The first-order chi connectivity index (χ1) is 9.83. The van der Waals surface area contributed by atoms with Crippen LogP contribution in [0.1, 0.15) is 0 Å². The first-order valence-corrected chi connectivity index (χ1v) is 6.65. The fourth-order valence-electron chi connectivity index (χ4n) is 1.97. The van der Waals surface area contributed by atoms with Gasteiger partial charge in [-0.25, -0.2) is 4.98 Å². The molecule has 3 heteroatoms. The summed E-state index contributed by atoms with van der Waals surface area (Å²) in [5.41, 5.74) is 2.13. The lowest BCUT2D eigenvalue weighted by Crippen LogP contribution is -1.90. The van der Waals surface area contributed by atoms with E-state index in [2.05, 4.69) is 4.98 Å². The summed E-state index contributed by atoms with van der Waals surface area (Å²) in [6.07, 6.45) is 0. The molecule has 20 heavy (non-hydrogen) atoms. The van der Waals surface area contributed by atoms with Crippen molar-refractivity contribution in [2.24, 2.45) is 0 Å². The van der Waals surface area contributed by atoms with E-state index in [9.17, 15) is 0 Å². The van der Waals surface area contributed by atoms with Crippen LogP contribution in [0.2, 0.25) is 5.15 Å². The summed E-state index contributed by atoms with van der Waals surface area (Å²) in [6.45, 7) is 0. The maximum absolute atomic E-state index is 5.88. The predicted molar refractivity (Wildman–Crippen MR) is 81.2 cm³/mol. The van der Waals surface area contributed by atoms with Gasteiger partial charge < -0.3 is 4.74 Å². The number of hydrogen-bond acceptors (Lipinski definition) is 2. The fraction of sp³-hybridized carbons (Fsp3) is 0. The molecule has 1 heterocycles. The Labute approximate surface area is 122 Å². The molecule has 0 aliphatic carbocycles. The third-order valence-corrected chi connectivity index (χ3v) is 3.09. The molecular weight excluding hydrogens is 270 g/mol. The van der Waals surface area contributed by atoms with Gasteiger partial charge >= 0.3 is 0 Å². The van der Waals surface area contributed by atoms with Crippen molar-refractivity contribution < 1.29 is 4.74 Å². The van der Waals surface area contributed by atoms with Gasteiger partial charge in [-0.1, -0.05) is 66.2 Å². The van der Waals surface area contributed by atoms with Crippen molar-refractivity contribution >= 4 is 11.6 Å². The highest BCUT2D eigenvalue weighted by molar-refractivity contribution is 6.29. The summed E-state index contributed by atoms with van der Waals surface area (Å²) in [7, 11) is 0. The molecule has 98 valence electrons. The Morgan fingerprint density at radius 3 is 2.30 bits per heavy atom. The van der Waals surface area contributed by atoms with Gasteiger partial charge in [-0.15, -0.1) is 0 Å². The average molecular weight is 282 g/mol. The maximum atomic E-state index is 5.88. The van der Waals surface area contributed by atoms with Crippen LogP contribution in [0.3, 0.4) is 0 Å². The molecule has 0 aliphatic heterocycles. The number of hydrogen-bond donors (Lipinski definition) is 0. The number of halogens is 1. The monoisotopic (exact) mass is 281 g/mol. The lowest BCUT2D eigenvalue weighted by atomic mass is 10.1. The van der Waals surface area contributed by atoms with E-state index in [0.29, 0.717) is 11.0 Å². The summed E-state index contributed by atoms with van der Waals surface area (Å²) in [6, 6.07) is 23.3. The van der Waals surface area contributed by atoms with Gasteiger partial charge in [-0.3, -0.25) is 0 Å². The molecule has 1 aromatic heterocycles. The van der Waals surface area contributed by atoms with E-state index in [1.807, 2.05) is 60.7 Å². The van der Waals surface area contributed by atoms with Gasteiger partial charge in [-0.2, -0.15) is 0 Å². The highest BCUT2D eigenvalue weighted by Crippen LogP contribution is 2.32. The van der Waals surface area contributed by atoms with Crippen LogP contribution in [0.5, 0.6) is 11.6 Å². The smallest absolute Gasteiger partial charge is 0.220 e. The molecule has 0 aliphatic rings. The second-order valence-corrected chi connectivity index (χ2v) is 4.65. The number of para-hydroxylation sites is 1. The lowest BCUT2D eigenvalue weighted by molar-refractivity contribution is 0.465.